The largest absolute Gasteiger partial charge is 0.365 e. The van der Waals surface area contributed by atoms with Crippen LogP contribution in [-0.2, 0) is 30.5 Å². The van der Waals surface area contributed by atoms with Crippen molar-refractivity contribution in [3.05, 3.63) is 52.0 Å². The number of aromatic nitrogens is 3. The molecule has 1 aliphatic carbocycles. The summed E-state index contributed by atoms with van der Waals surface area (Å²) in [5.74, 6) is 1.78. The molecule has 1 saturated heterocycles. The smallest absolute Gasteiger partial charge is 0.270 e. The number of rotatable bonds is 5. The fraction of sp³-hybridized carbons (Fsp3) is 0.609. The zero-order valence-electron chi connectivity index (χ0n) is 18.4. The first-order valence-electron chi connectivity index (χ1n) is 11.3. The van der Waals surface area contributed by atoms with Crippen molar-refractivity contribution in [3.63, 3.8) is 0 Å². The number of nitrogens with zero attached hydrogens (tertiary/aromatic N) is 5. The molecular formula is C23H31N5O3. The Bertz CT molecular complexity index is 1030. The van der Waals surface area contributed by atoms with Crippen molar-refractivity contribution in [1.82, 2.24) is 23.9 Å². The number of ether oxygens (including phenoxy) is 1. The van der Waals surface area contributed by atoms with E-state index in [1.54, 1.807) is 19.2 Å². The van der Waals surface area contributed by atoms with Crippen LogP contribution in [0.25, 0.3) is 0 Å². The molecule has 2 fully saturated rings. The van der Waals surface area contributed by atoms with Gasteiger partial charge in [-0.1, -0.05) is 6.07 Å². The second-order valence-corrected chi connectivity index (χ2v) is 9.31. The molecule has 2 aliphatic heterocycles. The summed E-state index contributed by atoms with van der Waals surface area (Å²) in [6, 6.07) is 4.82. The number of piperidine rings is 1. The lowest BCUT2D eigenvalue weighted by atomic mass is 9.89. The Morgan fingerprint density at radius 1 is 1.26 bits per heavy atom. The van der Waals surface area contributed by atoms with Gasteiger partial charge in [-0.15, -0.1) is 0 Å². The van der Waals surface area contributed by atoms with Crippen molar-refractivity contribution in [2.24, 2.45) is 13.0 Å². The standard InChI is InChI=1S/C23H31N5O3/c1-25(15-17-6-7-17)16-18-14-24-22-23(31-13-12-28(18)22)8-10-27(11-9-23)21(30)19-4-3-5-20(29)26(19)2/h3-5,14,17H,6-13,15-16H2,1-2H3. The Morgan fingerprint density at radius 2 is 2.03 bits per heavy atom. The molecule has 0 radical (unpaired) electrons. The Morgan fingerprint density at radius 3 is 2.77 bits per heavy atom. The number of pyridine rings is 1. The summed E-state index contributed by atoms with van der Waals surface area (Å²) < 4.78 is 10.1. The summed E-state index contributed by atoms with van der Waals surface area (Å²) >= 11 is 0. The van der Waals surface area contributed by atoms with E-state index >= 15 is 0 Å². The molecule has 2 aromatic heterocycles. The SMILES string of the molecule is CN(Cc1cnc2n1CCOC21CCN(C(=O)c2cccc(=O)n2C)CC1)CC1CC1. The van der Waals surface area contributed by atoms with Crippen molar-refractivity contribution < 1.29 is 9.53 Å². The first-order chi connectivity index (χ1) is 15.0. The lowest BCUT2D eigenvalue weighted by Gasteiger charge is -2.43. The van der Waals surface area contributed by atoms with E-state index in [9.17, 15) is 9.59 Å². The highest BCUT2D eigenvalue weighted by molar-refractivity contribution is 5.92. The van der Waals surface area contributed by atoms with Crippen molar-refractivity contribution >= 4 is 5.91 Å². The zero-order chi connectivity index (χ0) is 21.6. The van der Waals surface area contributed by atoms with Gasteiger partial charge in [-0.25, -0.2) is 4.98 Å². The summed E-state index contributed by atoms with van der Waals surface area (Å²) in [5.41, 5.74) is 1.08. The average Bonchev–Trinajstić information content (AvgIpc) is 3.48. The third kappa shape index (κ3) is 3.83. The number of amides is 1. The van der Waals surface area contributed by atoms with Crippen LogP contribution in [0.15, 0.2) is 29.2 Å². The molecule has 0 N–H and O–H groups in total. The van der Waals surface area contributed by atoms with Crippen LogP contribution in [0.2, 0.25) is 0 Å². The predicted octanol–water partition coefficient (Wildman–Crippen LogP) is 1.59. The van der Waals surface area contributed by atoms with Crippen molar-refractivity contribution in [2.75, 3.05) is 33.3 Å². The van der Waals surface area contributed by atoms with E-state index in [0.29, 0.717) is 38.2 Å². The lowest BCUT2D eigenvalue weighted by molar-refractivity contribution is -0.112. The monoisotopic (exact) mass is 425 g/mol. The molecule has 5 rings (SSSR count). The van der Waals surface area contributed by atoms with E-state index in [4.69, 9.17) is 9.72 Å². The molecule has 3 aliphatic rings. The third-order valence-electron chi connectivity index (χ3n) is 7.00. The first kappa shape index (κ1) is 20.5. The van der Waals surface area contributed by atoms with E-state index in [-0.39, 0.29) is 11.5 Å². The van der Waals surface area contributed by atoms with Gasteiger partial charge in [0.1, 0.15) is 17.1 Å². The minimum atomic E-state index is -0.426. The van der Waals surface area contributed by atoms with E-state index in [1.165, 1.54) is 29.2 Å². The van der Waals surface area contributed by atoms with Crippen LogP contribution in [0.1, 0.15) is 47.7 Å². The summed E-state index contributed by atoms with van der Waals surface area (Å²) in [4.78, 5) is 33.9. The van der Waals surface area contributed by atoms with Gasteiger partial charge in [0.05, 0.1) is 12.3 Å². The van der Waals surface area contributed by atoms with Crippen LogP contribution in [0, 0.1) is 5.92 Å². The quantitative estimate of drug-likeness (QED) is 0.727. The molecule has 166 valence electrons. The van der Waals surface area contributed by atoms with Gasteiger partial charge in [0.15, 0.2) is 0 Å². The van der Waals surface area contributed by atoms with Gasteiger partial charge in [-0.05, 0) is 31.9 Å². The summed E-state index contributed by atoms with van der Waals surface area (Å²) in [7, 11) is 3.83. The molecule has 0 aromatic carbocycles. The summed E-state index contributed by atoms with van der Waals surface area (Å²) in [5, 5.41) is 0. The van der Waals surface area contributed by atoms with Gasteiger partial charge in [0.2, 0.25) is 0 Å². The van der Waals surface area contributed by atoms with Crippen molar-refractivity contribution in [2.45, 2.75) is 44.4 Å². The van der Waals surface area contributed by atoms with Crippen LogP contribution in [0.3, 0.4) is 0 Å². The molecule has 1 saturated carbocycles. The minimum Gasteiger partial charge on any atom is -0.365 e. The van der Waals surface area contributed by atoms with E-state index < -0.39 is 5.60 Å². The highest BCUT2D eigenvalue weighted by Crippen LogP contribution is 2.39. The third-order valence-corrected chi connectivity index (χ3v) is 7.00. The number of hydrogen-bond acceptors (Lipinski definition) is 5. The maximum absolute atomic E-state index is 13.0. The maximum atomic E-state index is 13.0. The number of likely N-dealkylation sites (tertiary alicyclic amines) is 1. The molecule has 1 amide bonds. The molecule has 8 heteroatoms. The number of hydrogen-bond donors (Lipinski definition) is 0. The van der Waals surface area contributed by atoms with E-state index in [1.807, 2.05) is 11.1 Å². The second kappa shape index (κ2) is 7.91. The molecule has 0 bridgehead atoms. The maximum Gasteiger partial charge on any atom is 0.270 e. The molecule has 2 aromatic rings. The zero-order valence-corrected chi connectivity index (χ0v) is 18.4. The van der Waals surface area contributed by atoms with Crippen molar-refractivity contribution in [1.29, 1.82) is 0 Å². The Hall–Kier alpha value is -2.45. The fourth-order valence-electron chi connectivity index (χ4n) is 5.01. The van der Waals surface area contributed by atoms with Crippen LogP contribution in [0.5, 0.6) is 0 Å². The fourth-order valence-corrected chi connectivity index (χ4v) is 5.01. The number of fused-ring (bicyclic) bond motifs is 2. The van der Waals surface area contributed by atoms with Gasteiger partial charge >= 0.3 is 0 Å². The first-order valence-corrected chi connectivity index (χ1v) is 11.3. The second-order valence-electron chi connectivity index (χ2n) is 9.31. The Kier molecular flexibility index (Phi) is 5.22. The topological polar surface area (TPSA) is 72.6 Å². The molecule has 0 unspecified atom stereocenters. The summed E-state index contributed by atoms with van der Waals surface area (Å²) in [6.07, 6.45) is 6.16. The van der Waals surface area contributed by atoms with Crippen LogP contribution in [-0.4, -0.2) is 63.1 Å². The minimum absolute atomic E-state index is 0.100. The molecule has 1 spiro atoms. The molecule has 8 nitrogen and oxygen atoms in total. The van der Waals surface area contributed by atoms with E-state index in [0.717, 1.165) is 31.4 Å². The Labute approximate surface area is 182 Å². The molecule has 4 heterocycles. The average molecular weight is 426 g/mol. The molecule has 31 heavy (non-hydrogen) atoms. The normalized spacial score (nSPS) is 20.3. The van der Waals surface area contributed by atoms with Crippen LogP contribution < -0.4 is 5.56 Å². The Balaban J connectivity index is 1.30. The van der Waals surface area contributed by atoms with E-state index in [2.05, 4.69) is 16.5 Å². The number of carbonyl (C=O) groups excluding carboxylic acids is 1. The number of carbonyl (C=O) groups is 1. The van der Waals surface area contributed by atoms with Crippen molar-refractivity contribution in [3.8, 4) is 0 Å². The molecular weight excluding hydrogens is 394 g/mol. The highest BCUT2D eigenvalue weighted by Gasteiger charge is 2.44. The van der Waals surface area contributed by atoms with Crippen LogP contribution >= 0.6 is 0 Å². The molecule has 0 atom stereocenters. The van der Waals surface area contributed by atoms with Gasteiger partial charge in [-0.2, -0.15) is 0 Å². The lowest BCUT2D eigenvalue weighted by Crippen LogP contribution is -2.50. The van der Waals surface area contributed by atoms with Gasteiger partial charge in [-0.3, -0.25) is 9.59 Å². The summed E-state index contributed by atoms with van der Waals surface area (Å²) in [6.45, 7) is 4.74. The van der Waals surface area contributed by atoms with Gasteiger partial charge in [0.25, 0.3) is 11.5 Å². The predicted molar refractivity (Wildman–Crippen MR) is 116 cm³/mol. The van der Waals surface area contributed by atoms with Crippen LogP contribution in [0.4, 0.5) is 0 Å². The van der Waals surface area contributed by atoms with Gasteiger partial charge < -0.3 is 23.7 Å². The highest BCUT2D eigenvalue weighted by atomic mass is 16.5. The number of imidazole rings is 1. The van der Waals surface area contributed by atoms with Gasteiger partial charge in [0, 0.05) is 64.9 Å².